The molecular formula is C12H25NO. The molecule has 0 aliphatic heterocycles. The van der Waals surface area contributed by atoms with E-state index >= 15 is 0 Å². The van der Waals surface area contributed by atoms with Crippen LogP contribution in [0.3, 0.4) is 0 Å². The van der Waals surface area contributed by atoms with E-state index in [9.17, 15) is 0 Å². The molecule has 1 saturated carbocycles. The van der Waals surface area contributed by atoms with Gasteiger partial charge in [0.25, 0.3) is 0 Å². The maximum atomic E-state index is 9.14. The van der Waals surface area contributed by atoms with Crippen molar-refractivity contribution in [2.24, 2.45) is 0 Å². The fourth-order valence-electron chi connectivity index (χ4n) is 2.16. The topological polar surface area (TPSA) is 32.3 Å². The number of hydrogen-bond acceptors (Lipinski definition) is 2. The molecule has 0 aromatic heterocycles. The molecule has 0 aromatic carbocycles. The van der Waals surface area contributed by atoms with Crippen LogP contribution in [-0.4, -0.2) is 23.8 Å². The zero-order chi connectivity index (χ0) is 10.2. The zero-order valence-electron chi connectivity index (χ0n) is 9.47. The van der Waals surface area contributed by atoms with E-state index in [1.807, 2.05) is 6.92 Å². The van der Waals surface area contributed by atoms with Gasteiger partial charge in [0, 0.05) is 6.04 Å². The summed E-state index contributed by atoms with van der Waals surface area (Å²) in [5.41, 5.74) is 0. The van der Waals surface area contributed by atoms with Gasteiger partial charge in [0.2, 0.25) is 0 Å². The van der Waals surface area contributed by atoms with Crippen molar-refractivity contribution in [1.82, 2.24) is 5.32 Å². The summed E-state index contributed by atoms with van der Waals surface area (Å²) >= 11 is 0. The predicted molar refractivity (Wildman–Crippen MR) is 60.4 cm³/mol. The molecule has 14 heavy (non-hydrogen) atoms. The summed E-state index contributed by atoms with van der Waals surface area (Å²) in [5, 5.41) is 12.7. The number of rotatable bonds is 4. The molecular weight excluding hydrogens is 174 g/mol. The first-order chi connectivity index (χ1) is 6.79. The summed E-state index contributed by atoms with van der Waals surface area (Å²) in [6, 6.07) is 0.717. The summed E-state index contributed by atoms with van der Waals surface area (Å²) in [7, 11) is 0. The van der Waals surface area contributed by atoms with Crippen LogP contribution in [0.1, 0.15) is 58.3 Å². The Kier molecular flexibility index (Phi) is 6.20. The van der Waals surface area contributed by atoms with Gasteiger partial charge in [0.1, 0.15) is 0 Å². The van der Waals surface area contributed by atoms with E-state index in [4.69, 9.17) is 5.11 Å². The molecule has 1 aliphatic rings. The molecule has 2 heteroatoms. The van der Waals surface area contributed by atoms with Crippen molar-refractivity contribution in [2.75, 3.05) is 6.54 Å². The first-order valence-corrected chi connectivity index (χ1v) is 6.20. The van der Waals surface area contributed by atoms with Crippen LogP contribution in [0.2, 0.25) is 0 Å². The summed E-state index contributed by atoms with van der Waals surface area (Å²) in [4.78, 5) is 0. The molecule has 0 heterocycles. The number of hydrogen-bond donors (Lipinski definition) is 2. The maximum Gasteiger partial charge on any atom is 0.0524 e. The second kappa shape index (κ2) is 7.24. The van der Waals surface area contributed by atoms with Gasteiger partial charge in [-0.05, 0) is 32.7 Å². The van der Waals surface area contributed by atoms with Gasteiger partial charge in [0.05, 0.1) is 6.10 Å². The van der Waals surface area contributed by atoms with E-state index in [0.29, 0.717) is 6.04 Å². The first-order valence-electron chi connectivity index (χ1n) is 6.20. The van der Waals surface area contributed by atoms with Crippen LogP contribution in [0, 0.1) is 0 Å². The Balaban J connectivity index is 2.08. The fraction of sp³-hybridized carbons (Fsp3) is 1.00. The summed E-state index contributed by atoms with van der Waals surface area (Å²) in [6.45, 7) is 2.84. The van der Waals surface area contributed by atoms with Gasteiger partial charge in [-0.15, -0.1) is 0 Å². The Hall–Kier alpha value is -0.0800. The van der Waals surface area contributed by atoms with E-state index in [-0.39, 0.29) is 6.10 Å². The average Bonchev–Trinajstić information content (AvgIpc) is 2.07. The van der Waals surface area contributed by atoms with E-state index in [1.165, 1.54) is 44.9 Å². The predicted octanol–water partition coefficient (Wildman–Crippen LogP) is 2.46. The Morgan fingerprint density at radius 1 is 1.14 bits per heavy atom. The second-order valence-corrected chi connectivity index (χ2v) is 4.63. The van der Waals surface area contributed by atoms with Crippen LogP contribution < -0.4 is 5.32 Å². The molecule has 0 spiro atoms. The largest absolute Gasteiger partial charge is 0.393 e. The lowest BCUT2D eigenvalue weighted by atomic mass is 9.96. The van der Waals surface area contributed by atoms with E-state index in [1.54, 1.807) is 0 Å². The third-order valence-corrected chi connectivity index (χ3v) is 3.10. The van der Waals surface area contributed by atoms with E-state index < -0.39 is 0 Å². The van der Waals surface area contributed by atoms with Crippen molar-refractivity contribution in [3.8, 4) is 0 Å². The molecule has 0 saturated heterocycles. The fourth-order valence-corrected chi connectivity index (χ4v) is 2.16. The molecule has 0 amide bonds. The van der Waals surface area contributed by atoms with Crippen LogP contribution in [-0.2, 0) is 0 Å². The minimum Gasteiger partial charge on any atom is -0.393 e. The molecule has 1 fully saturated rings. The zero-order valence-corrected chi connectivity index (χ0v) is 9.47. The van der Waals surface area contributed by atoms with Gasteiger partial charge in [-0.3, -0.25) is 0 Å². The van der Waals surface area contributed by atoms with Gasteiger partial charge in [-0.2, -0.15) is 0 Å². The van der Waals surface area contributed by atoms with Gasteiger partial charge in [-0.1, -0.05) is 32.1 Å². The van der Waals surface area contributed by atoms with Crippen molar-refractivity contribution in [1.29, 1.82) is 0 Å². The molecule has 0 radical (unpaired) electrons. The maximum absolute atomic E-state index is 9.14. The van der Waals surface area contributed by atoms with Gasteiger partial charge < -0.3 is 10.4 Å². The Labute approximate surface area is 88.1 Å². The van der Waals surface area contributed by atoms with Crippen LogP contribution in [0.25, 0.3) is 0 Å². The van der Waals surface area contributed by atoms with Crippen LogP contribution >= 0.6 is 0 Å². The second-order valence-electron chi connectivity index (χ2n) is 4.63. The average molecular weight is 199 g/mol. The van der Waals surface area contributed by atoms with Gasteiger partial charge in [-0.25, -0.2) is 0 Å². The van der Waals surface area contributed by atoms with E-state index in [0.717, 1.165) is 13.0 Å². The molecule has 2 nitrogen and oxygen atoms in total. The standard InChI is InChI=1S/C12H25NO/c1-11(14)9-10-13-12-7-5-3-2-4-6-8-12/h11-14H,2-10H2,1H3/t11-/m0/s1. The quantitative estimate of drug-likeness (QED) is 0.729. The Morgan fingerprint density at radius 3 is 2.29 bits per heavy atom. The smallest absolute Gasteiger partial charge is 0.0524 e. The molecule has 0 aromatic rings. The van der Waals surface area contributed by atoms with Crippen LogP contribution in [0.15, 0.2) is 0 Å². The van der Waals surface area contributed by atoms with Crippen molar-refractivity contribution >= 4 is 0 Å². The lowest BCUT2D eigenvalue weighted by Gasteiger charge is -2.21. The molecule has 1 aliphatic carbocycles. The highest BCUT2D eigenvalue weighted by molar-refractivity contribution is 4.70. The Morgan fingerprint density at radius 2 is 1.71 bits per heavy atom. The minimum atomic E-state index is -0.156. The highest BCUT2D eigenvalue weighted by atomic mass is 16.3. The van der Waals surface area contributed by atoms with Crippen molar-refractivity contribution in [3.63, 3.8) is 0 Å². The van der Waals surface area contributed by atoms with Crippen molar-refractivity contribution < 1.29 is 5.11 Å². The molecule has 2 N–H and O–H groups in total. The molecule has 0 bridgehead atoms. The number of nitrogens with one attached hydrogen (secondary N) is 1. The molecule has 1 rings (SSSR count). The van der Waals surface area contributed by atoms with Crippen LogP contribution in [0.5, 0.6) is 0 Å². The molecule has 0 unspecified atom stereocenters. The highest BCUT2D eigenvalue weighted by Crippen LogP contribution is 2.16. The third-order valence-electron chi connectivity index (χ3n) is 3.10. The summed E-state index contributed by atoms with van der Waals surface area (Å²) < 4.78 is 0. The lowest BCUT2D eigenvalue weighted by Crippen LogP contribution is -2.31. The van der Waals surface area contributed by atoms with Crippen LogP contribution in [0.4, 0.5) is 0 Å². The SMILES string of the molecule is C[C@H](O)CCNC1CCCCCCC1. The van der Waals surface area contributed by atoms with Gasteiger partial charge in [0.15, 0.2) is 0 Å². The lowest BCUT2D eigenvalue weighted by molar-refractivity contribution is 0.181. The summed E-state index contributed by atoms with van der Waals surface area (Å²) in [5.74, 6) is 0. The molecule has 84 valence electrons. The Bertz CT molecular complexity index is 128. The van der Waals surface area contributed by atoms with E-state index in [2.05, 4.69) is 5.32 Å². The summed E-state index contributed by atoms with van der Waals surface area (Å²) in [6.07, 6.45) is 10.4. The first kappa shape index (κ1) is 12.0. The highest BCUT2D eigenvalue weighted by Gasteiger charge is 2.10. The van der Waals surface area contributed by atoms with Crippen molar-refractivity contribution in [2.45, 2.75) is 70.4 Å². The third kappa shape index (κ3) is 5.61. The van der Waals surface area contributed by atoms with Crippen molar-refractivity contribution in [3.05, 3.63) is 0 Å². The number of aliphatic hydroxyl groups is 1. The normalized spacial score (nSPS) is 22.7. The van der Waals surface area contributed by atoms with Gasteiger partial charge >= 0.3 is 0 Å². The molecule has 1 atom stereocenters. The number of aliphatic hydroxyl groups excluding tert-OH is 1. The minimum absolute atomic E-state index is 0.156. The monoisotopic (exact) mass is 199 g/mol.